The third kappa shape index (κ3) is 1.80. The number of hydrogen-bond donors (Lipinski definition) is 1. The molecule has 0 aromatic heterocycles. The topological polar surface area (TPSA) is 29.3 Å². The number of nitrogens with two attached hydrogens (primary N) is 1. The van der Waals surface area contributed by atoms with E-state index in [-0.39, 0.29) is 0 Å². The van der Waals surface area contributed by atoms with Crippen molar-refractivity contribution in [1.29, 1.82) is 0 Å². The first-order chi connectivity index (χ1) is 4.33. The highest BCUT2D eigenvalue weighted by Crippen LogP contribution is 2.11. The fourth-order valence-electron chi connectivity index (χ4n) is 1.17. The third-order valence-corrected chi connectivity index (χ3v) is 1.69. The van der Waals surface area contributed by atoms with Gasteiger partial charge in [-0.15, -0.1) is 0 Å². The Bertz CT molecular complexity index is 118. The summed E-state index contributed by atoms with van der Waals surface area (Å²) in [5.41, 5.74) is 6.86. The molecule has 1 aliphatic rings. The Labute approximate surface area is 56.3 Å². The number of rotatable bonds is 1. The smallest absolute Gasteiger partial charge is 0.0190 e. The highest BCUT2D eigenvalue weighted by Gasteiger charge is 2.10. The number of likely N-dealkylation sites (tertiary alicyclic amines) is 1. The van der Waals surface area contributed by atoms with Crippen molar-refractivity contribution in [1.82, 2.24) is 4.90 Å². The molecular weight excluding hydrogens is 112 g/mol. The normalized spacial score (nSPS) is 25.8. The summed E-state index contributed by atoms with van der Waals surface area (Å²) >= 11 is 0. The lowest BCUT2D eigenvalue weighted by Crippen LogP contribution is -2.11. The standard InChI is InChI=1S/C7H14N2/c1-9-5-3-7(6-9)2-4-8/h2H,3-6,8H2,1H3/b7-2+. The molecule has 2 nitrogen and oxygen atoms in total. The van der Waals surface area contributed by atoms with Crippen molar-refractivity contribution in [3.63, 3.8) is 0 Å². The summed E-state index contributed by atoms with van der Waals surface area (Å²) in [7, 11) is 2.14. The van der Waals surface area contributed by atoms with Crippen LogP contribution in [0.2, 0.25) is 0 Å². The van der Waals surface area contributed by atoms with Crippen LogP contribution in [0, 0.1) is 0 Å². The van der Waals surface area contributed by atoms with Crippen molar-refractivity contribution in [2.45, 2.75) is 6.42 Å². The lowest BCUT2D eigenvalue weighted by molar-refractivity contribution is 0.425. The summed E-state index contributed by atoms with van der Waals surface area (Å²) in [6.45, 7) is 3.02. The predicted molar refractivity (Wildman–Crippen MR) is 39.3 cm³/mol. The molecule has 1 heterocycles. The summed E-state index contributed by atoms with van der Waals surface area (Å²) in [4.78, 5) is 2.31. The molecule has 1 fully saturated rings. The first-order valence-electron chi connectivity index (χ1n) is 3.39. The summed E-state index contributed by atoms with van der Waals surface area (Å²) in [6.07, 6.45) is 3.34. The fourth-order valence-corrected chi connectivity index (χ4v) is 1.17. The fraction of sp³-hybridized carbons (Fsp3) is 0.714. The van der Waals surface area contributed by atoms with Gasteiger partial charge in [0, 0.05) is 19.6 Å². The summed E-state index contributed by atoms with van der Waals surface area (Å²) < 4.78 is 0. The van der Waals surface area contributed by atoms with Gasteiger partial charge in [-0.1, -0.05) is 11.6 Å². The third-order valence-electron chi connectivity index (χ3n) is 1.69. The van der Waals surface area contributed by atoms with Crippen molar-refractivity contribution in [3.05, 3.63) is 11.6 Å². The van der Waals surface area contributed by atoms with Crippen molar-refractivity contribution in [2.24, 2.45) is 5.73 Å². The molecule has 0 radical (unpaired) electrons. The molecule has 1 aliphatic heterocycles. The summed E-state index contributed by atoms with van der Waals surface area (Å²) in [5.74, 6) is 0. The van der Waals surface area contributed by atoms with Gasteiger partial charge in [0.05, 0.1) is 0 Å². The SMILES string of the molecule is CN1CC/C(=C\CN)C1. The van der Waals surface area contributed by atoms with E-state index in [0.717, 1.165) is 6.54 Å². The molecule has 52 valence electrons. The van der Waals surface area contributed by atoms with Crippen molar-refractivity contribution in [3.8, 4) is 0 Å². The highest BCUT2D eigenvalue weighted by molar-refractivity contribution is 5.09. The molecule has 0 aromatic carbocycles. The first-order valence-corrected chi connectivity index (χ1v) is 3.39. The molecule has 0 aromatic rings. The van der Waals surface area contributed by atoms with Gasteiger partial charge in [-0.3, -0.25) is 0 Å². The lowest BCUT2D eigenvalue weighted by atomic mass is 10.2. The minimum Gasteiger partial charge on any atom is -0.327 e. The van der Waals surface area contributed by atoms with Gasteiger partial charge in [0.1, 0.15) is 0 Å². The quantitative estimate of drug-likeness (QED) is 0.509. The summed E-state index contributed by atoms with van der Waals surface area (Å²) in [5, 5.41) is 0. The molecule has 2 heteroatoms. The minimum absolute atomic E-state index is 0.698. The van der Waals surface area contributed by atoms with Gasteiger partial charge in [0.25, 0.3) is 0 Å². The van der Waals surface area contributed by atoms with Crippen LogP contribution in [0.15, 0.2) is 11.6 Å². The van der Waals surface area contributed by atoms with Crippen LogP contribution in [0.25, 0.3) is 0 Å². The van der Waals surface area contributed by atoms with Gasteiger partial charge in [0.2, 0.25) is 0 Å². The van der Waals surface area contributed by atoms with Gasteiger partial charge in [0.15, 0.2) is 0 Å². The Morgan fingerprint density at radius 1 is 1.78 bits per heavy atom. The zero-order chi connectivity index (χ0) is 6.69. The van der Waals surface area contributed by atoms with Crippen LogP contribution in [-0.4, -0.2) is 31.6 Å². The Hall–Kier alpha value is -0.340. The van der Waals surface area contributed by atoms with Crippen molar-refractivity contribution < 1.29 is 0 Å². The van der Waals surface area contributed by atoms with E-state index in [0.29, 0.717) is 6.54 Å². The van der Waals surface area contributed by atoms with E-state index in [1.165, 1.54) is 18.5 Å². The maximum Gasteiger partial charge on any atom is 0.0190 e. The molecule has 0 saturated carbocycles. The Kier molecular flexibility index (Phi) is 2.25. The highest BCUT2D eigenvalue weighted by atomic mass is 15.1. The van der Waals surface area contributed by atoms with E-state index >= 15 is 0 Å². The van der Waals surface area contributed by atoms with Crippen LogP contribution < -0.4 is 5.73 Å². The largest absolute Gasteiger partial charge is 0.327 e. The average Bonchev–Trinajstić information content (AvgIpc) is 2.17. The Morgan fingerprint density at radius 2 is 2.56 bits per heavy atom. The molecule has 0 aliphatic carbocycles. The van der Waals surface area contributed by atoms with E-state index in [2.05, 4.69) is 18.0 Å². The minimum atomic E-state index is 0.698. The van der Waals surface area contributed by atoms with Gasteiger partial charge in [-0.05, 0) is 13.5 Å². The van der Waals surface area contributed by atoms with Gasteiger partial charge >= 0.3 is 0 Å². The van der Waals surface area contributed by atoms with E-state index in [1.807, 2.05) is 0 Å². The molecule has 1 saturated heterocycles. The molecule has 0 atom stereocenters. The van der Waals surface area contributed by atoms with Gasteiger partial charge in [-0.25, -0.2) is 0 Å². The van der Waals surface area contributed by atoms with Crippen LogP contribution >= 0.6 is 0 Å². The number of nitrogens with zero attached hydrogens (tertiary/aromatic N) is 1. The molecule has 0 amide bonds. The zero-order valence-corrected chi connectivity index (χ0v) is 5.93. The molecule has 2 N–H and O–H groups in total. The van der Waals surface area contributed by atoms with Gasteiger partial charge < -0.3 is 10.6 Å². The Balaban J connectivity index is 2.38. The molecule has 0 spiro atoms. The molecular formula is C7H14N2. The van der Waals surface area contributed by atoms with Crippen molar-refractivity contribution >= 4 is 0 Å². The number of likely N-dealkylation sites (N-methyl/N-ethyl adjacent to an activating group) is 1. The second kappa shape index (κ2) is 2.99. The average molecular weight is 126 g/mol. The van der Waals surface area contributed by atoms with E-state index in [1.54, 1.807) is 0 Å². The van der Waals surface area contributed by atoms with Crippen LogP contribution in [0.3, 0.4) is 0 Å². The number of hydrogen-bond acceptors (Lipinski definition) is 2. The lowest BCUT2D eigenvalue weighted by Gasteiger charge is -2.02. The van der Waals surface area contributed by atoms with E-state index in [9.17, 15) is 0 Å². The predicted octanol–water partition coefficient (Wildman–Crippen LogP) is 0.207. The first kappa shape index (κ1) is 6.78. The maximum atomic E-state index is 5.36. The van der Waals surface area contributed by atoms with Crippen LogP contribution in [-0.2, 0) is 0 Å². The molecule has 9 heavy (non-hydrogen) atoms. The van der Waals surface area contributed by atoms with E-state index < -0.39 is 0 Å². The molecule has 1 rings (SSSR count). The summed E-state index contributed by atoms with van der Waals surface area (Å²) in [6, 6.07) is 0. The molecule has 0 unspecified atom stereocenters. The van der Waals surface area contributed by atoms with Crippen molar-refractivity contribution in [2.75, 3.05) is 26.7 Å². The second-order valence-corrected chi connectivity index (χ2v) is 2.59. The van der Waals surface area contributed by atoms with Gasteiger partial charge in [-0.2, -0.15) is 0 Å². The zero-order valence-electron chi connectivity index (χ0n) is 5.93. The maximum absolute atomic E-state index is 5.36. The van der Waals surface area contributed by atoms with Crippen LogP contribution in [0.4, 0.5) is 0 Å². The second-order valence-electron chi connectivity index (χ2n) is 2.59. The van der Waals surface area contributed by atoms with E-state index in [4.69, 9.17) is 5.73 Å². The van der Waals surface area contributed by atoms with Crippen LogP contribution in [0.1, 0.15) is 6.42 Å². The Morgan fingerprint density at radius 3 is 3.00 bits per heavy atom. The van der Waals surface area contributed by atoms with Crippen LogP contribution in [0.5, 0.6) is 0 Å². The monoisotopic (exact) mass is 126 g/mol. The molecule has 0 bridgehead atoms.